The normalized spacial score (nSPS) is 24.5. The second kappa shape index (κ2) is 8.25. The summed E-state index contributed by atoms with van der Waals surface area (Å²) in [5.74, 6) is 0.783. The lowest BCUT2D eigenvalue weighted by molar-refractivity contribution is -0.0900. The minimum Gasteiger partial charge on any atom is -0.488 e. The Bertz CT molecular complexity index is 1230. The molecule has 0 bridgehead atoms. The molecule has 5 rings (SSSR count). The minimum atomic E-state index is -1.07. The first-order chi connectivity index (χ1) is 16.1. The van der Waals surface area contributed by atoms with Crippen molar-refractivity contribution in [2.24, 2.45) is 0 Å². The van der Waals surface area contributed by atoms with Gasteiger partial charge in [0, 0.05) is 30.4 Å². The van der Waals surface area contributed by atoms with Crippen molar-refractivity contribution in [3.8, 4) is 11.5 Å². The van der Waals surface area contributed by atoms with Crippen molar-refractivity contribution in [2.45, 2.75) is 76.3 Å². The van der Waals surface area contributed by atoms with Crippen LogP contribution in [0.1, 0.15) is 62.4 Å². The maximum absolute atomic E-state index is 13.2. The van der Waals surface area contributed by atoms with E-state index in [0.717, 1.165) is 18.4 Å². The quantitative estimate of drug-likeness (QED) is 0.529. The highest BCUT2D eigenvalue weighted by Crippen LogP contribution is 2.45. The first-order valence-corrected chi connectivity index (χ1v) is 11.7. The summed E-state index contributed by atoms with van der Waals surface area (Å²) in [5, 5.41) is 27.7. The Labute approximate surface area is 197 Å². The van der Waals surface area contributed by atoms with Crippen molar-refractivity contribution >= 4 is 17.2 Å². The first kappa shape index (κ1) is 22.6. The molecular formula is C25H30N4O5. The number of aliphatic hydroxyl groups excluding tert-OH is 1. The largest absolute Gasteiger partial charge is 0.488 e. The molecule has 1 aliphatic heterocycles. The Hall–Kier alpha value is -3.17. The zero-order valence-corrected chi connectivity index (χ0v) is 19.6. The molecule has 1 atom stereocenters. The van der Waals surface area contributed by atoms with E-state index in [1.54, 1.807) is 42.9 Å². The number of fused-ring (bicyclic) bond motifs is 2. The van der Waals surface area contributed by atoms with E-state index >= 15 is 0 Å². The molecule has 2 aromatic heterocycles. The number of rotatable bonds is 5. The standard InChI is InChI=1S/C25H30N4O5/c1-24(2,32)25(3)13-15-11-19(28-23(31)18-14-27-29-10-4-9-26-22(18)29)21(12-20(15)34-25)33-17-7-5-16(30)6-8-17/h4,9-12,14,16-17,30,32H,5-8,13H2,1-3H3,(H,28,31)/t16?,17?,25-/m0/s1. The number of amides is 1. The summed E-state index contributed by atoms with van der Waals surface area (Å²) in [6, 6.07) is 5.40. The number of nitrogens with one attached hydrogen (secondary N) is 1. The third-order valence-electron chi connectivity index (χ3n) is 7.03. The van der Waals surface area contributed by atoms with Crippen molar-refractivity contribution in [3.63, 3.8) is 0 Å². The maximum atomic E-state index is 13.2. The maximum Gasteiger partial charge on any atom is 0.261 e. The zero-order chi connectivity index (χ0) is 24.1. The third-order valence-corrected chi connectivity index (χ3v) is 7.03. The molecule has 1 aliphatic carbocycles. The Balaban J connectivity index is 1.47. The van der Waals surface area contributed by atoms with Gasteiger partial charge in [0.05, 0.1) is 29.7 Å². The van der Waals surface area contributed by atoms with Gasteiger partial charge in [0.1, 0.15) is 22.7 Å². The lowest BCUT2D eigenvalue weighted by Crippen LogP contribution is -2.51. The Kier molecular flexibility index (Phi) is 5.49. The number of hydrogen-bond donors (Lipinski definition) is 3. The van der Waals surface area contributed by atoms with Crippen LogP contribution in [-0.4, -0.2) is 54.1 Å². The number of ether oxygens (including phenoxy) is 2. The molecule has 0 unspecified atom stereocenters. The van der Waals surface area contributed by atoms with Gasteiger partial charge in [-0.2, -0.15) is 5.10 Å². The topological polar surface area (TPSA) is 118 Å². The summed E-state index contributed by atoms with van der Waals surface area (Å²) in [7, 11) is 0. The van der Waals surface area contributed by atoms with Gasteiger partial charge in [0.15, 0.2) is 5.65 Å². The van der Waals surface area contributed by atoms with Gasteiger partial charge in [-0.1, -0.05) is 0 Å². The van der Waals surface area contributed by atoms with Crippen molar-refractivity contribution < 1.29 is 24.5 Å². The summed E-state index contributed by atoms with van der Waals surface area (Å²) >= 11 is 0. The molecule has 2 aliphatic rings. The van der Waals surface area contributed by atoms with Gasteiger partial charge in [-0.3, -0.25) is 4.79 Å². The van der Waals surface area contributed by atoms with E-state index < -0.39 is 11.2 Å². The average molecular weight is 467 g/mol. The van der Waals surface area contributed by atoms with Gasteiger partial charge in [0.25, 0.3) is 5.91 Å². The van der Waals surface area contributed by atoms with Crippen LogP contribution in [-0.2, 0) is 6.42 Å². The Morgan fingerprint density at radius 1 is 1.29 bits per heavy atom. The van der Waals surface area contributed by atoms with Crippen molar-refractivity contribution in [2.75, 3.05) is 5.32 Å². The number of carbonyl (C=O) groups excluding carboxylic acids is 1. The predicted molar refractivity (Wildman–Crippen MR) is 125 cm³/mol. The summed E-state index contributed by atoms with van der Waals surface area (Å²) in [6.45, 7) is 5.33. The molecule has 9 nitrogen and oxygen atoms in total. The summed E-state index contributed by atoms with van der Waals surface area (Å²) in [5.41, 5.74) is 0.335. The van der Waals surface area contributed by atoms with Gasteiger partial charge < -0.3 is 25.0 Å². The van der Waals surface area contributed by atoms with Crippen LogP contribution in [0.15, 0.2) is 36.8 Å². The van der Waals surface area contributed by atoms with Gasteiger partial charge in [-0.15, -0.1) is 0 Å². The molecule has 3 heterocycles. The van der Waals surface area contributed by atoms with Crippen LogP contribution in [0.4, 0.5) is 5.69 Å². The SMILES string of the molecule is CC(C)(O)[C@]1(C)Cc2cc(NC(=O)c3cnn4cccnc34)c(OC3CCC(O)CC3)cc2O1. The van der Waals surface area contributed by atoms with Crippen LogP contribution in [0, 0.1) is 0 Å². The summed E-state index contributed by atoms with van der Waals surface area (Å²) in [6.07, 6.45) is 7.77. The highest BCUT2D eigenvalue weighted by atomic mass is 16.5. The van der Waals surface area contributed by atoms with Crippen LogP contribution >= 0.6 is 0 Å². The monoisotopic (exact) mass is 466 g/mol. The number of nitrogens with zero attached hydrogens (tertiary/aromatic N) is 3. The molecule has 34 heavy (non-hydrogen) atoms. The highest BCUT2D eigenvalue weighted by Gasteiger charge is 2.47. The number of benzene rings is 1. The second-order valence-corrected chi connectivity index (χ2v) is 9.97. The van der Waals surface area contributed by atoms with E-state index in [1.807, 2.05) is 13.0 Å². The smallest absolute Gasteiger partial charge is 0.261 e. The highest BCUT2D eigenvalue weighted by molar-refractivity contribution is 6.08. The molecule has 180 valence electrons. The van der Waals surface area contributed by atoms with Crippen LogP contribution in [0.5, 0.6) is 11.5 Å². The molecule has 1 amide bonds. The fourth-order valence-electron chi connectivity index (χ4n) is 4.54. The average Bonchev–Trinajstić information content (AvgIpc) is 3.36. The van der Waals surface area contributed by atoms with E-state index in [0.29, 0.717) is 47.7 Å². The van der Waals surface area contributed by atoms with Gasteiger partial charge >= 0.3 is 0 Å². The Morgan fingerprint density at radius 3 is 2.79 bits per heavy atom. The number of aliphatic hydroxyl groups is 2. The molecule has 1 saturated carbocycles. The number of carbonyl (C=O) groups is 1. The fourth-order valence-corrected chi connectivity index (χ4v) is 4.54. The minimum absolute atomic E-state index is 0.0715. The number of hydrogen-bond acceptors (Lipinski definition) is 7. The van der Waals surface area contributed by atoms with Gasteiger partial charge in [0.2, 0.25) is 0 Å². The lowest BCUT2D eigenvalue weighted by atomic mass is 9.84. The molecular weight excluding hydrogens is 436 g/mol. The third kappa shape index (κ3) is 4.10. The fraction of sp³-hybridized carbons (Fsp3) is 0.480. The zero-order valence-electron chi connectivity index (χ0n) is 19.6. The lowest BCUT2D eigenvalue weighted by Gasteiger charge is -2.36. The second-order valence-electron chi connectivity index (χ2n) is 9.97. The number of aromatic nitrogens is 3. The van der Waals surface area contributed by atoms with Crippen molar-refractivity contribution in [1.82, 2.24) is 14.6 Å². The van der Waals surface area contributed by atoms with Crippen molar-refractivity contribution in [1.29, 1.82) is 0 Å². The summed E-state index contributed by atoms with van der Waals surface area (Å²) in [4.78, 5) is 17.5. The van der Waals surface area contributed by atoms with Gasteiger partial charge in [-0.25, -0.2) is 9.50 Å². The van der Waals surface area contributed by atoms with E-state index in [1.165, 1.54) is 6.20 Å². The van der Waals surface area contributed by atoms with E-state index in [2.05, 4.69) is 15.4 Å². The molecule has 1 fully saturated rings. The van der Waals surface area contributed by atoms with Crippen LogP contribution < -0.4 is 14.8 Å². The Morgan fingerprint density at radius 2 is 2.06 bits per heavy atom. The molecule has 3 aromatic rings. The molecule has 0 radical (unpaired) electrons. The molecule has 3 N–H and O–H groups in total. The van der Waals surface area contributed by atoms with E-state index in [9.17, 15) is 15.0 Å². The van der Waals surface area contributed by atoms with Crippen LogP contribution in [0.2, 0.25) is 0 Å². The van der Waals surface area contributed by atoms with E-state index in [4.69, 9.17) is 9.47 Å². The van der Waals surface area contributed by atoms with Crippen LogP contribution in [0.25, 0.3) is 5.65 Å². The molecule has 0 spiro atoms. The predicted octanol–water partition coefficient (Wildman–Crippen LogP) is 3.13. The van der Waals surface area contributed by atoms with Crippen LogP contribution in [0.3, 0.4) is 0 Å². The van der Waals surface area contributed by atoms with E-state index in [-0.39, 0.29) is 18.1 Å². The molecule has 9 heteroatoms. The summed E-state index contributed by atoms with van der Waals surface area (Å²) < 4.78 is 14.1. The number of anilines is 1. The molecule has 1 aromatic carbocycles. The van der Waals surface area contributed by atoms with Crippen molar-refractivity contribution in [3.05, 3.63) is 47.9 Å². The molecule has 0 saturated heterocycles. The van der Waals surface area contributed by atoms with Gasteiger partial charge in [-0.05, 0) is 58.6 Å². The first-order valence-electron chi connectivity index (χ1n) is 11.7.